The number of carboxylic acids is 1. The molecule has 0 amide bonds. The van der Waals surface area contributed by atoms with E-state index >= 15 is 0 Å². The molecule has 0 aromatic carbocycles. The smallest absolute Gasteiger partial charge is 0.477 e. The third-order valence-corrected chi connectivity index (χ3v) is 2.22. The molecule has 0 unspecified atom stereocenters. The van der Waals surface area contributed by atoms with Crippen LogP contribution in [0.2, 0.25) is 0 Å². The maximum atomic E-state index is 13.6. The first-order chi connectivity index (χ1) is 11.4. The van der Waals surface area contributed by atoms with E-state index in [1.165, 1.54) is 9.47 Å². The summed E-state index contributed by atoms with van der Waals surface area (Å²) >= 11 is 0. The Kier molecular flexibility index (Phi) is 6.05. The number of carboxylic acid groups (broad SMARTS) is 1. The van der Waals surface area contributed by atoms with E-state index in [9.17, 15) is 70.7 Å². The number of halogens is 15. The quantitative estimate of drug-likeness (QED) is 0.468. The van der Waals surface area contributed by atoms with Gasteiger partial charge in [-0.3, -0.25) is 0 Å². The molecule has 1 N–H and O–H groups in total. The fourth-order valence-electron chi connectivity index (χ4n) is 0.916. The van der Waals surface area contributed by atoms with E-state index in [1.807, 2.05) is 0 Å². The fourth-order valence-corrected chi connectivity index (χ4v) is 0.916. The molecule has 0 radical (unpaired) electrons. The summed E-state index contributed by atoms with van der Waals surface area (Å²) in [6.07, 6.45) is -29.5. The highest BCUT2D eigenvalue weighted by molar-refractivity contribution is 5.77. The fraction of sp³-hybridized carbons (Fsp3) is 0.875. The van der Waals surface area contributed by atoms with Gasteiger partial charge >= 0.3 is 48.4 Å². The molecule has 0 aromatic heterocycles. The lowest BCUT2D eigenvalue weighted by atomic mass is 10.1. The Bertz CT molecular complexity index is 533. The first-order valence-corrected chi connectivity index (χ1v) is 5.33. The number of ether oxygens (including phenoxy) is 2. The van der Waals surface area contributed by atoms with Crippen molar-refractivity contribution in [1.29, 1.82) is 0 Å². The number of hydrogen-bond acceptors (Lipinski definition) is 3. The van der Waals surface area contributed by atoms with Crippen molar-refractivity contribution in [3.05, 3.63) is 0 Å². The lowest BCUT2D eigenvalue weighted by molar-refractivity contribution is -0.569. The minimum absolute atomic E-state index is 1.40. The molecule has 0 fully saturated rings. The first kappa shape index (κ1) is 25.3. The van der Waals surface area contributed by atoms with Crippen LogP contribution in [0.3, 0.4) is 0 Å². The number of carbonyl (C=O) groups is 1. The van der Waals surface area contributed by atoms with Crippen LogP contribution in [-0.4, -0.2) is 53.5 Å². The van der Waals surface area contributed by atoms with Crippen LogP contribution < -0.4 is 0 Å². The molecule has 4 nitrogen and oxygen atoms in total. The average molecular weight is 446 g/mol. The van der Waals surface area contributed by atoms with Gasteiger partial charge in [0.1, 0.15) is 0 Å². The van der Waals surface area contributed by atoms with Crippen LogP contribution in [0, 0.1) is 0 Å². The molecule has 0 heterocycles. The van der Waals surface area contributed by atoms with Crippen molar-refractivity contribution in [2.45, 2.75) is 42.5 Å². The van der Waals surface area contributed by atoms with E-state index in [0.29, 0.717) is 0 Å². The van der Waals surface area contributed by atoms with Crippen molar-refractivity contribution >= 4 is 5.97 Å². The second-order valence-electron chi connectivity index (χ2n) is 4.22. The van der Waals surface area contributed by atoms with Gasteiger partial charge in [-0.15, -0.1) is 0 Å². The Labute approximate surface area is 135 Å². The predicted molar refractivity (Wildman–Crippen MR) is 45.5 cm³/mol. The molecule has 0 rings (SSSR count). The Balaban J connectivity index is 6.56. The van der Waals surface area contributed by atoms with Gasteiger partial charge in [-0.25, -0.2) is 14.3 Å². The van der Waals surface area contributed by atoms with Gasteiger partial charge in [-0.1, -0.05) is 0 Å². The van der Waals surface area contributed by atoms with Crippen LogP contribution in [0.4, 0.5) is 65.9 Å². The molecule has 0 aromatic rings. The van der Waals surface area contributed by atoms with Crippen LogP contribution >= 0.6 is 0 Å². The highest BCUT2D eigenvalue weighted by atomic mass is 19.4. The molecular weight excluding hydrogens is 445 g/mol. The van der Waals surface area contributed by atoms with Gasteiger partial charge < -0.3 is 5.11 Å². The zero-order valence-corrected chi connectivity index (χ0v) is 11.3. The van der Waals surface area contributed by atoms with Crippen molar-refractivity contribution in [3.63, 3.8) is 0 Å². The van der Waals surface area contributed by atoms with Gasteiger partial charge in [0.25, 0.3) is 0 Å². The number of aliphatic carboxylic acids is 1. The maximum absolute atomic E-state index is 13.6. The molecule has 0 saturated carbocycles. The monoisotopic (exact) mass is 446 g/mol. The van der Waals surface area contributed by atoms with Gasteiger partial charge in [0.2, 0.25) is 0 Å². The van der Waals surface area contributed by atoms with Crippen molar-refractivity contribution in [1.82, 2.24) is 0 Å². The topological polar surface area (TPSA) is 55.8 Å². The standard InChI is InChI=1S/C8HF15O4/c9-2(10,1(24)25)3(11,12)8(23,26-6(19,20)4(13,14)15)27-7(21,22)5(16,17)18/h(H,24,25). The molecule has 0 saturated heterocycles. The molecule has 0 spiro atoms. The molecule has 27 heavy (non-hydrogen) atoms. The van der Waals surface area contributed by atoms with Crippen LogP contribution in [0.25, 0.3) is 0 Å². The Hall–Kier alpha value is -1.66. The highest BCUT2D eigenvalue weighted by Crippen LogP contribution is 2.54. The minimum atomic E-state index is -7.78. The van der Waals surface area contributed by atoms with Crippen LogP contribution in [0.15, 0.2) is 0 Å². The van der Waals surface area contributed by atoms with E-state index < -0.39 is 48.4 Å². The molecule has 162 valence electrons. The minimum Gasteiger partial charge on any atom is -0.477 e. The van der Waals surface area contributed by atoms with Crippen molar-refractivity contribution in [2.24, 2.45) is 0 Å². The Morgan fingerprint density at radius 3 is 1.04 bits per heavy atom. The predicted octanol–water partition coefficient (Wildman–Crippen LogP) is 4.31. The van der Waals surface area contributed by atoms with E-state index in [4.69, 9.17) is 5.11 Å². The summed E-state index contributed by atoms with van der Waals surface area (Å²) in [7, 11) is 0. The van der Waals surface area contributed by atoms with Gasteiger partial charge in [0, 0.05) is 0 Å². The molecular formula is C8HF15O4. The number of alkyl halides is 15. The first-order valence-electron chi connectivity index (χ1n) is 5.33. The molecule has 0 aliphatic heterocycles. The van der Waals surface area contributed by atoms with E-state index in [-0.39, 0.29) is 0 Å². The summed E-state index contributed by atoms with van der Waals surface area (Å²) in [6, 6.07) is -7.66. The number of hydrogen-bond donors (Lipinski definition) is 1. The summed E-state index contributed by atoms with van der Waals surface area (Å²) in [6.45, 7) is 0. The molecule has 0 bridgehead atoms. The molecule has 0 aliphatic rings. The van der Waals surface area contributed by atoms with Crippen LogP contribution in [-0.2, 0) is 14.3 Å². The summed E-state index contributed by atoms with van der Waals surface area (Å²) in [5.74, 6) is -19.2. The second-order valence-corrected chi connectivity index (χ2v) is 4.22. The van der Waals surface area contributed by atoms with Crippen molar-refractivity contribution in [3.8, 4) is 0 Å². The lowest BCUT2D eigenvalue weighted by Crippen LogP contribution is -2.67. The Morgan fingerprint density at radius 2 is 0.852 bits per heavy atom. The van der Waals surface area contributed by atoms with Crippen molar-refractivity contribution in [2.75, 3.05) is 0 Å². The third kappa shape index (κ3) is 4.43. The van der Waals surface area contributed by atoms with Crippen molar-refractivity contribution < 1.29 is 85.2 Å². The summed E-state index contributed by atoms with van der Waals surface area (Å²) in [4.78, 5) is 9.91. The summed E-state index contributed by atoms with van der Waals surface area (Å²) in [5.41, 5.74) is 0. The Morgan fingerprint density at radius 1 is 0.593 bits per heavy atom. The van der Waals surface area contributed by atoms with Gasteiger partial charge in [0.15, 0.2) is 0 Å². The van der Waals surface area contributed by atoms with E-state index in [0.717, 1.165) is 0 Å². The van der Waals surface area contributed by atoms with Gasteiger partial charge in [-0.2, -0.15) is 65.9 Å². The molecule has 19 heteroatoms. The summed E-state index contributed by atoms with van der Waals surface area (Å²) in [5, 5.41) is 7.73. The van der Waals surface area contributed by atoms with E-state index in [1.54, 1.807) is 0 Å². The largest absolute Gasteiger partial charge is 0.483 e. The van der Waals surface area contributed by atoms with E-state index in [2.05, 4.69) is 0 Å². The zero-order valence-electron chi connectivity index (χ0n) is 11.3. The molecule has 0 aliphatic carbocycles. The van der Waals surface area contributed by atoms with Crippen LogP contribution in [0.1, 0.15) is 0 Å². The zero-order chi connectivity index (χ0) is 22.5. The summed E-state index contributed by atoms with van der Waals surface area (Å²) < 4.78 is 189. The number of rotatable bonds is 7. The maximum Gasteiger partial charge on any atom is 0.483 e. The van der Waals surface area contributed by atoms with Gasteiger partial charge in [-0.05, 0) is 0 Å². The second kappa shape index (κ2) is 6.45. The normalized spacial score (nSPS) is 15.8. The third-order valence-electron chi connectivity index (χ3n) is 2.22. The SMILES string of the molecule is O=C(O)C(F)(F)C(F)(F)C(F)(OC(F)(F)C(F)(F)F)OC(F)(F)C(F)(F)F. The van der Waals surface area contributed by atoms with Crippen LogP contribution in [0.5, 0.6) is 0 Å². The lowest BCUT2D eigenvalue weighted by Gasteiger charge is -2.38. The average Bonchev–Trinajstić information content (AvgIpc) is 2.33. The molecule has 0 atom stereocenters. The van der Waals surface area contributed by atoms with Gasteiger partial charge in [0.05, 0.1) is 0 Å². The highest BCUT2D eigenvalue weighted by Gasteiger charge is 2.83.